The lowest BCUT2D eigenvalue weighted by molar-refractivity contribution is -0.119. The van der Waals surface area contributed by atoms with E-state index in [2.05, 4.69) is 10.6 Å². The summed E-state index contributed by atoms with van der Waals surface area (Å²) in [5.41, 5.74) is -0.620. The molecule has 16 heavy (non-hydrogen) atoms. The molecule has 0 aromatic rings. The number of carbonyl (C=O) groups excluding carboxylic acids is 3. The second-order valence-corrected chi connectivity index (χ2v) is 4.33. The summed E-state index contributed by atoms with van der Waals surface area (Å²) in [6, 6.07) is -0.779. The van der Waals surface area contributed by atoms with Gasteiger partial charge < -0.3 is 20.2 Å². The Labute approximate surface area is 94.7 Å². The van der Waals surface area contributed by atoms with Gasteiger partial charge in [0.2, 0.25) is 5.91 Å². The molecule has 0 fully saturated rings. The Morgan fingerprint density at radius 1 is 1.38 bits per heavy atom. The zero-order chi connectivity index (χ0) is 12.8. The molecule has 2 N–H and O–H groups in total. The van der Waals surface area contributed by atoms with E-state index in [1.54, 1.807) is 20.8 Å². The Hall–Kier alpha value is -1.59. The topological polar surface area (TPSA) is 84.5 Å². The number of aldehydes is 1. The second kappa shape index (κ2) is 6.09. The summed E-state index contributed by atoms with van der Waals surface area (Å²) in [4.78, 5) is 32.5. The van der Waals surface area contributed by atoms with Gasteiger partial charge in [0.05, 0.1) is 0 Å². The van der Waals surface area contributed by atoms with Gasteiger partial charge in [-0.2, -0.15) is 0 Å². The monoisotopic (exact) mass is 230 g/mol. The molecule has 0 aliphatic rings. The molecule has 0 aliphatic carbocycles. The Morgan fingerprint density at radius 3 is 2.31 bits per heavy atom. The Bertz CT molecular complexity index is 270. The third kappa shape index (κ3) is 7.78. The summed E-state index contributed by atoms with van der Waals surface area (Å²) in [5, 5.41) is 4.76. The van der Waals surface area contributed by atoms with Gasteiger partial charge in [-0.05, 0) is 20.8 Å². The first-order chi connectivity index (χ1) is 7.24. The number of rotatable bonds is 4. The summed E-state index contributed by atoms with van der Waals surface area (Å²) in [6.07, 6.45) is -0.144. The van der Waals surface area contributed by atoms with Crippen molar-refractivity contribution in [1.82, 2.24) is 10.6 Å². The molecule has 0 spiro atoms. The van der Waals surface area contributed by atoms with Gasteiger partial charge >= 0.3 is 6.09 Å². The molecule has 6 heteroatoms. The average molecular weight is 230 g/mol. The molecule has 0 saturated heterocycles. The van der Waals surface area contributed by atoms with E-state index in [9.17, 15) is 14.4 Å². The average Bonchev–Trinajstić information content (AvgIpc) is 2.08. The Kier molecular flexibility index (Phi) is 5.49. The normalized spacial score (nSPS) is 12.5. The minimum absolute atomic E-state index is 0.0536. The zero-order valence-electron chi connectivity index (χ0n) is 9.99. The summed E-state index contributed by atoms with van der Waals surface area (Å²) in [7, 11) is 0. The van der Waals surface area contributed by atoms with Crippen LogP contribution in [0.4, 0.5) is 4.79 Å². The maximum Gasteiger partial charge on any atom is 0.408 e. The smallest absolute Gasteiger partial charge is 0.408 e. The number of alkyl carbamates (subject to hydrolysis) is 1. The molecule has 0 aromatic heterocycles. The van der Waals surface area contributed by atoms with Crippen molar-refractivity contribution in [2.24, 2.45) is 0 Å². The van der Waals surface area contributed by atoms with Crippen molar-refractivity contribution in [2.45, 2.75) is 39.3 Å². The lowest BCUT2D eigenvalue weighted by atomic mass is 10.2. The summed E-state index contributed by atoms with van der Waals surface area (Å²) in [6.45, 7) is 6.54. The first-order valence-corrected chi connectivity index (χ1v) is 4.94. The molecule has 1 unspecified atom stereocenters. The van der Waals surface area contributed by atoms with E-state index in [1.807, 2.05) is 0 Å². The molecule has 0 bridgehead atoms. The molecule has 1 atom stereocenters. The van der Waals surface area contributed by atoms with Crippen molar-refractivity contribution in [2.75, 3.05) is 6.54 Å². The minimum atomic E-state index is -0.779. The molecule has 0 heterocycles. The Morgan fingerprint density at radius 2 is 1.94 bits per heavy atom. The van der Waals surface area contributed by atoms with E-state index in [0.29, 0.717) is 6.29 Å². The number of amides is 2. The van der Waals surface area contributed by atoms with Crippen LogP contribution < -0.4 is 10.6 Å². The van der Waals surface area contributed by atoms with Crippen molar-refractivity contribution in [3.05, 3.63) is 0 Å². The quantitative estimate of drug-likeness (QED) is 0.676. The summed E-state index contributed by atoms with van der Waals surface area (Å²) >= 11 is 0. The summed E-state index contributed by atoms with van der Waals surface area (Å²) < 4.78 is 4.96. The van der Waals surface area contributed by atoms with Gasteiger partial charge in [-0.1, -0.05) is 0 Å². The lowest BCUT2D eigenvalue weighted by Gasteiger charge is -2.21. The number of nitrogens with one attached hydrogen (secondary N) is 2. The van der Waals surface area contributed by atoms with Crippen LogP contribution in [0.25, 0.3) is 0 Å². The molecule has 0 aliphatic heterocycles. The molecular formula is C10H18N2O4. The van der Waals surface area contributed by atoms with E-state index in [0.717, 1.165) is 0 Å². The zero-order valence-corrected chi connectivity index (χ0v) is 9.99. The van der Waals surface area contributed by atoms with Crippen LogP contribution in [-0.2, 0) is 14.3 Å². The highest BCUT2D eigenvalue weighted by Gasteiger charge is 2.19. The largest absolute Gasteiger partial charge is 0.444 e. The van der Waals surface area contributed by atoms with Crippen molar-refractivity contribution in [3.8, 4) is 0 Å². The minimum Gasteiger partial charge on any atom is -0.444 e. The van der Waals surface area contributed by atoms with E-state index in [4.69, 9.17) is 4.74 Å². The number of carbonyl (C=O) groups is 3. The van der Waals surface area contributed by atoms with Gasteiger partial charge in [0.1, 0.15) is 17.9 Å². The van der Waals surface area contributed by atoms with Gasteiger partial charge in [0.25, 0.3) is 0 Å². The highest BCUT2D eigenvalue weighted by Crippen LogP contribution is 2.06. The molecule has 6 nitrogen and oxygen atoms in total. The van der Waals surface area contributed by atoms with Gasteiger partial charge in [-0.15, -0.1) is 0 Å². The summed E-state index contributed by atoms with van der Waals surface area (Å²) in [5.74, 6) is -0.266. The van der Waals surface area contributed by atoms with Crippen LogP contribution in [0.1, 0.15) is 27.7 Å². The first-order valence-electron chi connectivity index (χ1n) is 4.94. The third-order valence-corrected chi connectivity index (χ3v) is 1.44. The van der Waals surface area contributed by atoms with Crippen LogP contribution in [0.2, 0.25) is 0 Å². The molecule has 92 valence electrons. The molecular weight excluding hydrogens is 212 g/mol. The van der Waals surface area contributed by atoms with E-state index >= 15 is 0 Å². The molecule has 0 rings (SSSR count). The van der Waals surface area contributed by atoms with Crippen LogP contribution in [0, 0.1) is 0 Å². The maximum absolute atomic E-state index is 11.3. The highest BCUT2D eigenvalue weighted by molar-refractivity contribution is 5.76. The van der Waals surface area contributed by atoms with Crippen LogP contribution in [0.5, 0.6) is 0 Å². The predicted molar refractivity (Wildman–Crippen MR) is 57.9 cm³/mol. The molecule has 0 aromatic carbocycles. The van der Waals surface area contributed by atoms with Gasteiger partial charge in [-0.3, -0.25) is 4.79 Å². The van der Waals surface area contributed by atoms with E-state index in [1.165, 1.54) is 6.92 Å². The third-order valence-electron chi connectivity index (χ3n) is 1.44. The van der Waals surface area contributed by atoms with E-state index < -0.39 is 17.7 Å². The van der Waals surface area contributed by atoms with Crippen LogP contribution in [0.15, 0.2) is 0 Å². The number of hydrogen-bond donors (Lipinski definition) is 2. The van der Waals surface area contributed by atoms with Crippen LogP contribution in [0.3, 0.4) is 0 Å². The standard InChI is InChI=1S/C10H18N2O4/c1-7(14)11-5-8(6-13)12-9(15)16-10(2,3)4/h6,8H,5H2,1-4H3,(H,11,14)(H,12,15). The molecule has 2 amide bonds. The first kappa shape index (κ1) is 14.4. The molecule has 0 radical (unpaired) electrons. The van der Waals surface area contributed by atoms with Gasteiger partial charge in [-0.25, -0.2) is 4.79 Å². The molecule has 0 saturated carbocycles. The second-order valence-electron chi connectivity index (χ2n) is 4.33. The lowest BCUT2D eigenvalue weighted by Crippen LogP contribution is -2.46. The van der Waals surface area contributed by atoms with Crippen molar-refractivity contribution in [3.63, 3.8) is 0 Å². The SMILES string of the molecule is CC(=O)NCC(C=O)NC(=O)OC(C)(C)C. The fourth-order valence-electron chi connectivity index (χ4n) is 0.846. The van der Waals surface area contributed by atoms with Gasteiger partial charge in [0, 0.05) is 13.5 Å². The number of hydrogen-bond acceptors (Lipinski definition) is 4. The van der Waals surface area contributed by atoms with Crippen molar-refractivity contribution >= 4 is 18.3 Å². The maximum atomic E-state index is 11.3. The van der Waals surface area contributed by atoms with E-state index in [-0.39, 0.29) is 12.5 Å². The number of ether oxygens (including phenoxy) is 1. The van der Waals surface area contributed by atoms with Gasteiger partial charge in [0.15, 0.2) is 0 Å². The highest BCUT2D eigenvalue weighted by atomic mass is 16.6. The fourth-order valence-corrected chi connectivity index (χ4v) is 0.846. The van der Waals surface area contributed by atoms with Crippen molar-refractivity contribution < 1.29 is 19.1 Å². The van der Waals surface area contributed by atoms with Crippen molar-refractivity contribution in [1.29, 1.82) is 0 Å². The van der Waals surface area contributed by atoms with Crippen LogP contribution in [-0.4, -0.2) is 36.5 Å². The fraction of sp³-hybridized carbons (Fsp3) is 0.700. The predicted octanol–water partition coefficient (Wildman–Crippen LogP) is 0.215. The van der Waals surface area contributed by atoms with Crippen LogP contribution >= 0.6 is 0 Å². The Balaban J connectivity index is 4.07.